The molecule has 0 aliphatic carbocycles. The molecule has 0 spiro atoms. The lowest BCUT2D eigenvalue weighted by atomic mass is 9.85. The molecule has 0 radical (unpaired) electrons. The van der Waals surface area contributed by atoms with Crippen molar-refractivity contribution in [1.29, 1.82) is 0 Å². The highest BCUT2D eigenvalue weighted by Gasteiger charge is 2.61. The molecule has 1 heterocycles. The maximum atomic E-state index is 14.2. The van der Waals surface area contributed by atoms with Crippen LogP contribution in [-0.2, 0) is 16.0 Å². The monoisotopic (exact) mass is 339 g/mol. The minimum Gasteiger partial charge on any atom is -0.479 e. The number of amides is 1. The van der Waals surface area contributed by atoms with Gasteiger partial charge in [-0.2, -0.15) is 0 Å². The van der Waals surface area contributed by atoms with Crippen LogP contribution in [0.3, 0.4) is 0 Å². The van der Waals surface area contributed by atoms with Crippen molar-refractivity contribution < 1.29 is 28.9 Å². The van der Waals surface area contributed by atoms with Crippen molar-refractivity contribution in [3.63, 3.8) is 0 Å². The number of likely N-dealkylation sites (tertiary alicyclic amines) is 1. The lowest BCUT2D eigenvalue weighted by Crippen LogP contribution is -2.61. The molecule has 0 aromatic heterocycles. The summed E-state index contributed by atoms with van der Waals surface area (Å²) >= 11 is 0. The Kier molecular flexibility index (Phi) is 4.85. The molecule has 24 heavy (non-hydrogen) atoms. The number of carboxylic acids is 1. The molecule has 132 valence electrons. The van der Waals surface area contributed by atoms with Crippen LogP contribution < -0.4 is 0 Å². The predicted molar refractivity (Wildman–Crippen MR) is 84.4 cm³/mol. The Morgan fingerprint density at radius 2 is 1.92 bits per heavy atom. The number of benzene rings is 1. The normalized spacial score (nSPS) is 27.1. The second-order valence-electron chi connectivity index (χ2n) is 6.94. The van der Waals surface area contributed by atoms with Gasteiger partial charge in [-0.25, -0.2) is 14.0 Å². The molecule has 0 unspecified atom stereocenters. The number of carbonyl (C=O) groups excluding carboxylic acids is 1. The van der Waals surface area contributed by atoms with E-state index in [1.165, 1.54) is 0 Å². The van der Waals surface area contributed by atoms with E-state index in [0.717, 1.165) is 4.90 Å². The molecule has 0 bridgehead atoms. The molecular weight excluding hydrogens is 317 g/mol. The van der Waals surface area contributed by atoms with E-state index in [0.29, 0.717) is 5.56 Å². The number of rotatable bonds is 3. The van der Waals surface area contributed by atoms with Gasteiger partial charge in [-0.15, -0.1) is 0 Å². The molecule has 2 rings (SSSR count). The van der Waals surface area contributed by atoms with Crippen LogP contribution in [0.4, 0.5) is 9.18 Å². The van der Waals surface area contributed by atoms with Crippen LogP contribution in [0.2, 0.25) is 0 Å². The number of hydrogen-bond donors (Lipinski definition) is 2. The maximum absolute atomic E-state index is 14.2. The number of ether oxygens (including phenoxy) is 1. The number of alkyl halides is 1. The van der Waals surface area contributed by atoms with Crippen molar-refractivity contribution in [2.24, 2.45) is 0 Å². The lowest BCUT2D eigenvalue weighted by Gasteiger charge is -2.37. The zero-order chi connectivity index (χ0) is 18.1. The van der Waals surface area contributed by atoms with Crippen molar-refractivity contribution in [2.75, 3.05) is 6.54 Å². The van der Waals surface area contributed by atoms with Crippen LogP contribution >= 0.6 is 0 Å². The summed E-state index contributed by atoms with van der Waals surface area (Å²) in [6, 6.07) is 8.49. The Balaban J connectivity index is 2.43. The fraction of sp³-hybridized carbons (Fsp3) is 0.529. The summed E-state index contributed by atoms with van der Waals surface area (Å²) in [5, 5.41) is 20.0. The number of aliphatic hydroxyl groups is 1. The molecule has 6 nitrogen and oxygen atoms in total. The van der Waals surface area contributed by atoms with E-state index in [1.807, 2.05) is 0 Å². The maximum Gasteiger partial charge on any atom is 0.411 e. The van der Waals surface area contributed by atoms with E-state index in [2.05, 4.69) is 0 Å². The molecule has 7 heteroatoms. The van der Waals surface area contributed by atoms with Gasteiger partial charge in [0.05, 0.1) is 6.54 Å². The van der Waals surface area contributed by atoms with Crippen LogP contribution in [0.5, 0.6) is 0 Å². The van der Waals surface area contributed by atoms with Gasteiger partial charge in [0.25, 0.3) is 0 Å². The number of carboxylic acid groups (broad SMARTS) is 1. The minimum absolute atomic E-state index is 0.218. The van der Waals surface area contributed by atoms with E-state index >= 15 is 0 Å². The minimum atomic E-state index is -2.11. The second kappa shape index (κ2) is 6.39. The first-order chi connectivity index (χ1) is 11.1. The summed E-state index contributed by atoms with van der Waals surface area (Å²) < 4.78 is 19.4. The van der Waals surface area contributed by atoms with Crippen LogP contribution in [0.15, 0.2) is 30.3 Å². The van der Waals surface area contributed by atoms with Crippen molar-refractivity contribution in [3.05, 3.63) is 35.9 Å². The number of hydrogen-bond acceptors (Lipinski definition) is 4. The Labute approximate surface area is 139 Å². The van der Waals surface area contributed by atoms with Gasteiger partial charge in [-0.3, -0.25) is 4.90 Å². The molecular formula is C17H22FNO5. The zero-order valence-corrected chi connectivity index (χ0v) is 13.9. The first kappa shape index (κ1) is 18.2. The SMILES string of the molecule is CC(C)(C)OC(=O)N1C[C@H](F)[C@@H](O)[C@@]1(Cc1ccccc1)C(=O)O. The molecule has 3 atom stereocenters. The number of nitrogens with zero attached hydrogens (tertiary/aromatic N) is 1. The van der Waals surface area contributed by atoms with Gasteiger partial charge in [0, 0.05) is 6.42 Å². The first-order valence-corrected chi connectivity index (χ1v) is 7.68. The molecule has 1 fully saturated rings. The van der Waals surface area contributed by atoms with Gasteiger partial charge in [0.2, 0.25) is 0 Å². The lowest BCUT2D eigenvalue weighted by molar-refractivity contribution is -0.155. The van der Waals surface area contributed by atoms with Crippen molar-refractivity contribution in [1.82, 2.24) is 4.90 Å². The van der Waals surface area contributed by atoms with E-state index < -0.39 is 42.0 Å². The molecule has 1 aromatic carbocycles. The number of halogens is 1. The molecule has 1 aliphatic heterocycles. The standard InChI is InChI=1S/C17H22FNO5/c1-16(2,3)24-15(23)19-10-12(18)13(20)17(19,14(21)22)9-11-7-5-4-6-8-11/h4-8,12-13,20H,9-10H2,1-3H3,(H,21,22)/t12-,13+,17-/m0/s1. The topological polar surface area (TPSA) is 87.1 Å². The smallest absolute Gasteiger partial charge is 0.411 e. The first-order valence-electron chi connectivity index (χ1n) is 7.68. The number of carbonyl (C=O) groups is 2. The number of aliphatic carboxylic acids is 1. The Morgan fingerprint density at radius 1 is 1.33 bits per heavy atom. The van der Waals surface area contributed by atoms with Gasteiger partial charge >= 0.3 is 12.1 Å². The van der Waals surface area contributed by atoms with Crippen molar-refractivity contribution in [3.8, 4) is 0 Å². The summed E-state index contributed by atoms with van der Waals surface area (Å²) in [7, 11) is 0. The predicted octanol–water partition coefficient (Wildman–Crippen LogP) is 2.00. The molecule has 1 amide bonds. The van der Waals surface area contributed by atoms with E-state index in [4.69, 9.17) is 4.74 Å². The van der Waals surface area contributed by atoms with Gasteiger partial charge in [0.1, 0.15) is 17.9 Å². The summed E-state index contributed by atoms with van der Waals surface area (Å²) in [5.74, 6) is -1.47. The van der Waals surface area contributed by atoms with Crippen molar-refractivity contribution >= 4 is 12.1 Å². The molecule has 1 aliphatic rings. The highest BCUT2D eigenvalue weighted by atomic mass is 19.1. The third kappa shape index (κ3) is 3.36. The average Bonchev–Trinajstić information content (AvgIpc) is 2.72. The van der Waals surface area contributed by atoms with Crippen LogP contribution in [-0.4, -0.2) is 57.1 Å². The second-order valence-corrected chi connectivity index (χ2v) is 6.94. The molecule has 1 saturated heterocycles. The van der Waals surface area contributed by atoms with Crippen LogP contribution in [0, 0.1) is 0 Å². The molecule has 1 aromatic rings. The summed E-state index contributed by atoms with van der Waals surface area (Å²) in [6.07, 6.45) is -4.88. The quantitative estimate of drug-likeness (QED) is 0.879. The third-order valence-corrected chi connectivity index (χ3v) is 3.97. The highest BCUT2D eigenvalue weighted by molar-refractivity contribution is 5.87. The Bertz CT molecular complexity index is 615. The fourth-order valence-electron chi connectivity index (χ4n) is 2.88. The zero-order valence-electron chi connectivity index (χ0n) is 13.9. The number of aliphatic hydroxyl groups excluding tert-OH is 1. The Hall–Kier alpha value is -2.15. The van der Waals surface area contributed by atoms with Gasteiger partial charge in [-0.1, -0.05) is 30.3 Å². The third-order valence-electron chi connectivity index (χ3n) is 3.97. The summed E-state index contributed by atoms with van der Waals surface area (Å²) in [5.41, 5.74) is -2.40. The van der Waals surface area contributed by atoms with E-state index in [9.17, 15) is 24.2 Å². The molecule has 2 N–H and O–H groups in total. The van der Waals surface area contributed by atoms with Crippen molar-refractivity contribution in [2.45, 2.75) is 50.6 Å². The molecule has 0 saturated carbocycles. The van der Waals surface area contributed by atoms with E-state index in [1.54, 1.807) is 51.1 Å². The van der Waals surface area contributed by atoms with Gasteiger partial charge in [-0.05, 0) is 26.3 Å². The van der Waals surface area contributed by atoms with E-state index in [-0.39, 0.29) is 6.42 Å². The van der Waals surface area contributed by atoms with Crippen LogP contribution in [0.1, 0.15) is 26.3 Å². The summed E-state index contributed by atoms with van der Waals surface area (Å²) in [4.78, 5) is 25.2. The van der Waals surface area contributed by atoms with Crippen LogP contribution in [0.25, 0.3) is 0 Å². The highest BCUT2D eigenvalue weighted by Crippen LogP contribution is 2.36. The average molecular weight is 339 g/mol. The largest absolute Gasteiger partial charge is 0.479 e. The fourth-order valence-corrected chi connectivity index (χ4v) is 2.88. The summed E-state index contributed by atoms with van der Waals surface area (Å²) in [6.45, 7) is 4.35. The Morgan fingerprint density at radius 3 is 2.42 bits per heavy atom. The van der Waals surface area contributed by atoms with Gasteiger partial charge in [0.15, 0.2) is 5.54 Å². The van der Waals surface area contributed by atoms with Gasteiger partial charge < -0.3 is 14.9 Å².